The molecule has 0 saturated heterocycles. The molecule has 0 heterocycles. The minimum absolute atomic E-state index is 0.242. The van der Waals surface area contributed by atoms with Gasteiger partial charge in [0, 0.05) is 12.8 Å². The molecule has 0 aromatic carbocycles. The van der Waals surface area contributed by atoms with E-state index in [1.807, 2.05) is 0 Å². The average molecular weight is 390 g/mol. The third kappa shape index (κ3) is 3.50. The zero-order chi connectivity index (χ0) is 20.1. The van der Waals surface area contributed by atoms with Gasteiger partial charge in [0.1, 0.15) is 0 Å². The van der Waals surface area contributed by atoms with E-state index in [1.165, 1.54) is 77.0 Å². The third-order valence-electron chi connectivity index (χ3n) is 10.9. The van der Waals surface area contributed by atoms with Crippen molar-refractivity contribution in [3.05, 3.63) is 0 Å². The van der Waals surface area contributed by atoms with Crippen LogP contribution in [0.5, 0.6) is 0 Å². The highest BCUT2D eigenvalue weighted by Crippen LogP contribution is 2.68. The molecule has 0 spiro atoms. The van der Waals surface area contributed by atoms with Crippen LogP contribution in [-0.4, -0.2) is 11.2 Å². The molecule has 4 aliphatic rings. The summed E-state index contributed by atoms with van der Waals surface area (Å²) >= 11 is 0. The summed E-state index contributed by atoms with van der Waals surface area (Å²) in [7, 11) is 0. The Hall–Kier alpha value is -0.0400. The van der Waals surface area contributed by atoms with E-state index in [9.17, 15) is 0 Å². The summed E-state index contributed by atoms with van der Waals surface area (Å²) in [5, 5.41) is 8.32. The molecule has 9 atom stereocenters. The van der Waals surface area contributed by atoms with Gasteiger partial charge in [0.25, 0.3) is 0 Å². The van der Waals surface area contributed by atoms with Crippen molar-refractivity contribution in [1.29, 1.82) is 0 Å². The quantitative estimate of drug-likeness (QED) is 0.444. The first-order chi connectivity index (χ1) is 13.3. The summed E-state index contributed by atoms with van der Waals surface area (Å²) in [6.45, 7) is 12.7. The lowest BCUT2D eigenvalue weighted by molar-refractivity contribution is -0.129. The maximum atomic E-state index is 8.32. The second-order valence-electron chi connectivity index (χ2n) is 12.7. The molecule has 0 aliphatic heterocycles. The highest BCUT2D eigenvalue weighted by Gasteiger charge is 2.60. The van der Waals surface area contributed by atoms with E-state index in [0.717, 1.165) is 41.4 Å². The second kappa shape index (κ2) is 7.90. The Morgan fingerprint density at radius 2 is 1.54 bits per heavy atom. The monoisotopic (exact) mass is 389 g/mol. The van der Waals surface area contributed by atoms with E-state index in [1.54, 1.807) is 0 Å². The first kappa shape index (κ1) is 21.2. The standard InChI is InChI=1S/C27H48O/c1-18(2)7-6-8-19(3)23-11-12-24-22-10-9-20-17-21(28)13-15-26(20,4)25(22)14-16-27(23,24)5/h18-25,28H,6-17H2,1-5H3/p+1. The van der Waals surface area contributed by atoms with E-state index in [0.29, 0.717) is 10.8 Å². The predicted molar refractivity (Wildman–Crippen MR) is 120 cm³/mol. The molecule has 4 fully saturated rings. The average Bonchev–Trinajstić information content (AvgIpc) is 2.99. The van der Waals surface area contributed by atoms with Gasteiger partial charge in [-0.05, 0) is 97.2 Å². The van der Waals surface area contributed by atoms with Crippen molar-refractivity contribution in [3.8, 4) is 0 Å². The summed E-state index contributed by atoms with van der Waals surface area (Å²) in [5.74, 6) is 6.64. The lowest BCUT2D eigenvalue weighted by Crippen LogP contribution is -2.54. The second-order valence-corrected chi connectivity index (χ2v) is 12.7. The van der Waals surface area contributed by atoms with Crippen LogP contribution in [-0.2, 0) is 0 Å². The zero-order valence-corrected chi connectivity index (χ0v) is 19.6. The first-order valence-corrected chi connectivity index (χ1v) is 13.0. The van der Waals surface area contributed by atoms with Crippen LogP contribution in [0, 0.1) is 52.3 Å². The Morgan fingerprint density at radius 3 is 2.29 bits per heavy atom. The maximum absolute atomic E-state index is 8.32. The van der Waals surface area contributed by atoms with Gasteiger partial charge in [-0.1, -0.05) is 53.9 Å². The lowest BCUT2D eigenvalue weighted by atomic mass is 9.44. The molecular weight excluding hydrogens is 340 g/mol. The molecule has 28 heavy (non-hydrogen) atoms. The van der Waals surface area contributed by atoms with Gasteiger partial charge in [-0.3, -0.25) is 0 Å². The highest BCUT2D eigenvalue weighted by atomic mass is 16.3. The normalized spacial score (nSPS) is 49.4. The fourth-order valence-corrected chi connectivity index (χ4v) is 9.28. The summed E-state index contributed by atoms with van der Waals surface area (Å²) in [5.41, 5.74) is 1.21. The number of rotatable bonds is 5. The van der Waals surface area contributed by atoms with Crippen molar-refractivity contribution in [2.45, 2.75) is 118 Å². The molecule has 0 aromatic rings. The molecule has 0 aromatic heterocycles. The van der Waals surface area contributed by atoms with E-state index in [2.05, 4.69) is 34.6 Å². The van der Waals surface area contributed by atoms with Crippen LogP contribution >= 0.6 is 0 Å². The van der Waals surface area contributed by atoms with Gasteiger partial charge in [0.15, 0.2) is 6.10 Å². The smallest absolute Gasteiger partial charge is 0.153 e. The topological polar surface area (TPSA) is 22.9 Å². The van der Waals surface area contributed by atoms with Gasteiger partial charge in [0.2, 0.25) is 0 Å². The molecule has 2 N–H and O–H groups in total. The molecule has 162 valence electrons. The molecule has 1 nitrogen and oxygen atoms in total. The molecule has 9 unspecified atom stereocenters. The Bertz CT molecular complexity index is 540. The van der Waals surface area contributed by atoms with Gasteiger partial charge in [-0.15, -0.1) is 0 Å². The fourth-order valence-electron chi connectivity index (χ4n) is 9.28. The van der Waals surface area contributed by atoms with Gasteiger partial charge in [-0.2, -0.15) is 0 Å². The Balaban J connectivity index is 1.46. The van der Waals surface area contributed by atoms with Crippen molar-refractivity contribution < 1.29 is 5.11 Å². The van der Waals surface area contributed by atoms with Crippen LogP contribution in [0.2, 0.25) is 0 Å². The summed E-state index contributed by atoms with van der Waals surface area (Å²) < 4.78 is 0. The van der Waals surface area contributed by atoms with Crippen LogP contribution in [0.1, 0.15) is 112 Å². The van der Waals surface area contributed by atoms with Crippen LogP contribution < -0.4 is 0 Å². The molecule has 4 saturated carbocycles. The van der Waals surface area contributed by atoms with E-state index >= 15 is 0 Å². The van der Waals surface area contributed by atoms with E-state index < -0.39 is 0 Å². The predicted octanol–water partition coefficient (Wildman–Crippen LogP) is 7.20. The van der Waals surface area contributed by atoms with Crippen molar-refractivity contribution in [3.63, 3.8) is 0 Å². The maximum Gasteiger partial charge on any atom is 0.153 e. The Labute approximate surface area is 175 Å². The van der Waals surface area contributed by atoms with Gasteiger partial charge in [0.05, 0.1) is 0 Å². The van der Waals surface area contributed by atoms with E-state index in [4.69, 9.17) is 5.11 Å². The van der Waals surface area contributed by atoms with Crippen LogP contribution in [0.3, 0.4) is 0 Å². The SMILES string of the molecule is CC(C)CCCC(C)C1CCC2C3CCC4CC([OH2+])CCC4(C)C3CCC12C. The van der Waals surface area contributed by atoms with Gasteiger partial charge >= 0.3 is 0 Å². The molecule has 1 heteroatoms. The number of fused-ring (bicyclic) bond motifs is 5. The lowest BCUT2D eigenvalue weighted by Gasteiger charge is -2.60. The van der Waals surface area contributed by atoms with Crippen molar-refractivity contribution in [2.75, 3.05) is 0 Å². The van der Waals surface area contributed by atoms with Crippen LogP contribution in [0.4, 0.5) is 0 Å². The largest absolute Gasteiger partial charge is 0.443 e. The molecule has 4 rings (SSSR count). The highest BCUT2D eigenvalue weighted by molar-refractivity contribution is 5.09. The molecule has 0 bridgehead atoms. The van der Waals surface area contributed by atoms with Crippen molar-refractivity contribution in [2.24, 2.45) is 52.3 Å². The van der Waals surface area contributed by atoms with Crippen LogP contribution in [0.15, 0.2) is 0 Å². The van der Waals surface area contributed by atoms with Crippen molar-refractivity contribution >= 4 is 0 Å². The zero-order valence-electron chi connectivity index (χ0n) is 19.6. The van der Waals surface area contributed by atoms with Crippen molar-refractivity contribution in [1.82, 2.24) is 0 Å². The number of hydrogen-bond acceptors (Lipinski definition) is 0. The summed E-state index contributed by atoms with van der Waals surface area (Å²) in [4.78, 5) is 0. The first-order valence-electron chi connectivity index (χ1n) is 13.0. The van der Waals surface area contributed by atoms with Gasteiger partial charge < -0.3 is 5.11 Å². The minimum atomic E-state index is 0.242. The molecule has 0 amide bonds. The summed E-state index contributed by atoms with van der Waals surface area (Å²) in [6, 6.07) is 0. The third-order valence-corrected chi connectivity index (χ3v) is 10.9. The molecular formula is C27H49O+. The van der Waals surface area contributed by atoms with Crippen LogP contribution in [0.25, 0.3) is 0 Å². The Kier molecular flexibility index (Phi) is 5.98. The minimum Gasteiger partial charge on any atom is -0.443 e. The Morgan fingerprint density at radius 1 is 0.821 bits per heavy atom. The van der Waals surface area contributed by atoms with Gasteiger partial charge in [-0.25, -0.2) is 0 Å². The summed E-state index contributed by atoms with van der Waals surface area (Å²) in [6.07, 6.45) is 17.3. The fraction of sp³-hybridized carbons (Fsp3) is 1.00. The number of hydrogen-bond donors (Lipinski definition) is 0. The molecule has 0 radical (unpaired) electrons. The molecule has 4 aliphatic carbocycles. The van der Waals surface area contributed by atoms with E-state index in [-0.39, 0.29) is 6.10 Å².